The fourth-order valence-corrected chi connectivity index (χ4v) is 7.39. The van der Waals surface area contributed by atoms with Gasteiger partial charge in [-0.1, -0.05) is 0 Å². The highest BCUT2D eigenvalue weighted by Gasteiger charge is 2.65. The number of carbonyl (C=O) groups excluding carboxylic acids is 2. The maximum absolute atomic E-state index is 16.2. The molecular weight excluding hydrogens is 734 g/mol. The molecule has 1 spiro atoms. The van der Waals surface area contributed by atoms with Gasteiger partial charge in [-0.2, -0.15) is 13.2 Å². The van der Waals surface area contributed by atoms with E-state index in [1.807, 2.05) is 0 Å². The zero-order valence-electron chi connectivity index (χ0n) is 29.5. The number of likely N-dealkylation sites (tertiary alicyclic amines) is 1. The standard InChI is InChI=1S/C35H43F8N7O4/c1-21-28(36)24(17-34(39,40)31(5-6-31)9-12-45-29(51)47-18-23-16-27(54-21)49-20-48-23)33(37,38)19-53-26-15-22(4-11-44-26)25-3-2-14-50(25)30(52)46-13-10-32(7-8-32)35(41,42)43/h4,11,15-16,20-21,24-25,28H,2-3,5-10,12-14,17-19H2,1H3,(H,46,52)(H2,45,47,51). The Morgan fingerprint density at radius 1 is 1.07 bits per heavy atom. The van der Waals surface area contributed by atoms with Gasteiger partial charge in [0, 0.05) is 49.8 Å². The third kappa shape index (κ3) is 8.69. The van der Waals surface area contributed by atoms with Crippen molar-refractivity contribution in [2.75, 3.05) is 26.2 Å². The summed E-state index contributed by atoms with van der Waals surface area (Å²) in [5.41, 5.74) is -2.76. The molecule has 1 saturated heterocycles. The van der Waals surface area contributed by atoms with Gasteiger partial charge in [-0.3, -0.25) is 0 Å². The highest BCUT2D eigenvalue weighted by atomic mass is 19.4. The van der Waals surface area contributed by atoms with Crippen LogP contribution in [0.15, 0.2) is 30.7 Å². The zero-order valence-corrected chi connectivity index (χ0v) is 29.5. The van der Waals surface area contributed by atoms with E-state index in [-0.39, 0.29) is 75.6 Å². The Morgan fingerprint density at radius 3 is 2.54 bits per heavy atom. The van der Waals surface area contributed by atoms with Crippen molar-refractivity contribution >= 4 is 12.1 Å². The van der Waals surface area contributed by atoms with Crippen molar-refractivity contribution in [2.24, 2.45) is 16.7 Å². The molecule has 19 heteroatoms. The third-order valence-corrected chi connectivity index (χ3v) is 11.2. The predicted molar refractivity (Wildman–Crippen MR) is 176 cm³/mol. The number of fused-ring (bicyclic) bond motifs is 2. The Bertz CT molecular complexity index is 1660. The molecule has 0 radical (unpaired) electrons. The van der Waals surface area contributed by atoms with E-state index in [2.05, 4.69) is 30.9 Å². The minimum Gasteiger partial charge on any atom is -0.471 e. The number of urea groups is 2. The number of rotatable bonds is 8. The van der Waals surface area contributed by atoms with Crippen LogP contribution in [-0.4, -0.2) is 88.5 Å². The highest BCUT2D eigenvalue weighted by molar-refractivity contribution is 5.75. The largest absolute Gasteiger partial charge is 0.471 e. The molecule has 2 aromatic rings. The fraction of sp³-hybridized carbons (Fsp3) is 0.686. The summed E-state index contributed by atoms with van der Waals surface area (Å²) in [6, 6.07) is 2.34. The molecule has 11 nitrogen and oxygen atoms in total. The van der Waals surface area contributed by atoms with Crippen LogP contribution in [0.3, 0.4) is 0 Å². The van der Waals surface area contributed by atoms with Gasteiger partial charge in [0.25, 0.3) is 11.8 Å². The van der Waals surface area contributed by atoms with Crippen LogP contribution in [0, 0.1) is 16.7 Å². The van der Waals surface area contributed by atoms with E-state index in [0.717, 1.165) is 13.3 Å². The molecule has 6 rings (SSSR count). The van der Waals surface area contributed by atoms with Crippen molar-refractivity contribution in [3.63, 3.8) is 0 Å². The first-order valence-corrected chi connectivity index (χ1v) is 18.0. The van der Waals surface area contributed by atoms with E-state index in [0.29, 0.717) is 24.9 Å². The SMILES string of the molecule is CC1Oc2cc(ncn2)CNC(=O)NCCC2(CC2)C(F)(F)CC(C(F)(F)COc2cc(C3CCCN3C(=O)NCCC3(C(F)(F)F)CC3)ccn2)C1F. The van der Waals surface area contributed by atoms with Crippen molar-refractivity contribution in [1.82, 2.24) is 35.8 Å². The van der Waals surface area contributed by atoms with Crippen LogP contribution < -0.4 is 25.4 Å². The van der Waals surface area contributed by atoms with Crippen molar-refractivity contribution in [3.05, 3.63) is 42.0 Å². The summed E-state index contributed by atoms with van der Waals surface area (Å²) in [6.45, 7) is -0.516. The number of pyridine rings is 1. The molecule has 298 valence electrons. The summed E-state index contributed by atoms with van der Waals surface area (Å²) in [5, 5.41) is 7.58. The number of aromatic nitrogens is 3. The molecule has 4 atom stereocenters. The van der Waals surface area contributed by atoms with Crippen molar-refractivity contribution in [1.29, 1.82) is 0 Å². The van der Waals surface area contributed by atoms with Gasteiger partial charge >= 0.3 is 18.2 Å². The van der Waals surface area contributed by atoms with E-state index >= 15 is 22.0 Å². The lowest BCUT2D eigenvalue weighted by atomic mass is 9.81. The summed E-state index contributed by atoms with van der Waals surface area (Å²) >= 11 is 0. The second-order valence-corrected chi connectivity index (χ2v) is 14.9. The number of amides is 4. The smallest absolute Gasteiger partial charge is 0.394 e. The molecule has 4 amide bonds. The summed E-state index contributed by atoms with van der Waals surface area (Å²) in [7, 11) is 0. The van der Waals surface area contributed by atoms with Gasteiger partial charge in [-0.15, -0.1) is 0 Å². The molecule has 2 saturated carbocycles. The van der Waals surface area contributed by atoms with Crippen molar-refractivity contribution in [3.8, 4) is 11.8 Å². The van der Waals surface area contributed by atoms with Crippen LogP contribution in [0.4, 0.5) is 44.7 Å². The average molecular weight is 778 g/mol. The molecule has 2 aromatic heterocycles. The van der Waals surface area contributed by atoms with Crippen molar-refractivity contribution in [2.45, 2.75) is 108 Å². The summed E-state index contributed by atoms with van der Waals surface area (Å²) in [4.78, 5) is 38.5. The molecule has 4 heterocycles. The molecule has 4 aliphatic rings. The topological polar surface area (TPSA) is 131 Å². The van der Waals surface area contributed by atoms with Crippen LogP contribution in [0.2, 0.25) is 0 Å². The van der Waals surface area contributed by atoms with Crippen LogP contribution in [-0.2, 0) is 6.54 Å². The second kappa shape index (κ2) is 15.2. The summed E-state index contributed by atoms with van der Waals surface area (Å²) in [5.74, 6) is -11.1. The van der Waals surface area contributed by atoms with Crippen LogP contribution in [0.25, 0.3) is 0 Å². The zero-order chi connectivity index (χ0) is 38.9. The lowest BCUT2D eigenvalue weighted by Crippen LogP contribution is -2.49. The van der Waals surface area contributed by atoms with E-state index in [9.17, 15) is 22.8 Å². The average Bonchev–Trinajstić information content (AvgIpc) is 4.04. The van der Waals surface area contributed by atoms with E-state index < -0.39 is 78.2 Å². The maximum Gasteiger partial charge on any atom is 0.394 e. The Hall–Kier alpha value is -4.19. The molecule has 3 N–H and O–H groups in total. The first-order chi connectivity index (χ1) is 25.4. The number of hydrogen-bond donors (Lipinski definition) is 3. The van der Waals surface area contributed by atoms with Gasteiger partial charge in [-0.25, -0.2) is 46.5 Å². The number of carbonyl (C=O) groups is 2. The molecular formula is C35H43F8N7O4. The van der Waals surface area contributed by atoms with Gasteiger partial charge in [0.05, 0.1) is 29.6 Å². The summed E-state index contributed by atoms with van der Waals surface area (Å²) in [6.07, 6.45) is -7.23. The fourth-order valence-electron chi connectivity index (χ4n) is 7.39. The molecule has 4 unspecified atom stereocenters. The number of ether oxygens (including phenoxy) is 2. The molecule has 2 bridgehead atoms. The van der Waals surface area contributed by atoms with Crippen LogP contribution >= 0.6 is 0 Å². The second-order valence-electron chi connectivity index (χ2n) is 14.9. The highest BCUT2D eigenvalue weighted by Crippen LogP contribution is 2.62. The first kappa shape index (κ1) is 39.5. The first-order valence-electron chi connectivity index (χ1n) is 18.0. The molecule has 3 fully saturated rings. The lowest BCUT2D eigenvalue weighted by molar-refractivity contribution is -0.188. The Balaban J connectivity index is 1.15. The Morgan fingerprint density at radius 2 is 1.83 bits per heavy atom. The number of nitrogens with zero attached hydrogens (tertiary/aromatic N) is 4. The maximum atomic E-state index is 16.2. The number of halogens is 8. The molecule has 2 aliphatic carbocycles. The minimum absolute atomic E-state index is 0.000752. The molecule has 54 heavy (non-hydrogen) atoms. The molecule has 0 aromatic carbocycles. The van der Waals surface area contributed by atoms with Gasteiger partial charge in [-0.05, 0) is 69.9 Å². The normalized spacial score (nSPS) is 26.6. The van der Waals surface area contributed by atoms with Gasteiger partial charge in [0.15, 0.2) is 6.61 Å². The Labute approximate surface area is 306 Å². The Kier molecular flexibility index (Phi) is 11.1. The van der Waals surface area contributed by atoms with Crippen molar-refractivity contribution < 1.29 is 54.2 Å². The number of nitrogens with one attached hydrogen (secondary N) is 3. The quantitative estimate of drug-likeness (QED) is 0.249. The van der Waals surface area contributed by atoms with E-state index in [4.69, 9.17) is 9.47 Å². The van der Waals surface area contributed by atoms with Gasteiger partial charge < -0.3 is 30.3 Å². The number of alkyl halides is 8. The summed E-state index contributed by atoms with van der Waals surface area (Å²) < 4.78 is 131. The van der Waals surface area contributed by atoms with Crippen LogP contribution in [0.5, 0.6) is 11.8 Å². The monoisotopic (exact) mass is 777 g/mol. The predicted octanol–water partition coefficient (Wildman–Crippen LogP) is 6.90. The van der Waals surface area contributed by atoms with Gasteiger partial charge in [0.2, 0.25) is 11.8 Å². The van der Waals surface area contributed by atoms with E-state index in [1.54, 1.807) is 0 Å². The van der Waals surface area contributed by atoms with Gasteiger partial charge in [0.1, 0.15) is 18.6 Å². The minimum atomic E-state index is -4.35. The number of hydrogen-bond acceptors (Lipinski definition) is 7. The van der Waals surface area contributed by atoms with Crippen LogP contribution in [0.1, 0.15) is 82.0 Å². The third-order valence-electron chi connectivity index (χ3n) is 11.2. The van der Waals surface area contributed by atoms with E-state index in [1.165, 1.54) is 29.3 Å². The molecule has 2 aliphatic heterocycles. The lowest BCUT2D eigenvalue weighted by Gasteiger charge is -2.36.